The molecule has 11 heteroatoms. The Kier molecular flexibility index (Phi) is 7.00. The minimum absolute atomic E-state index is 0.00676. The van der Waals surface area contributed by atoms with Crippen molar-refractivity contribution >= 4 is 17.4 Å². The number of ether oxygens (including phenoxy) is 3. The summed E-state index contributed by atoms with van der Waals surface area (Å²) in [5.41, 5.74) is 1.99. The molecule has 36 heavy (non-hydrogen) atoms. The summed E-state index contributed by atoms with van der Waals surface area (Å²) in [6, 6.07) is 7.69. The third-order valence-electron chi connectivity index (χ3n) is 6.22. The lowest BCUT2D eigenvalue weighted by Crippen LogP contribution is -2.36. The van der Waals surface area contributed by atoms with Crippen LogP contribution in [0.1, 0.15) is 46.9 Å². The standard InChI is InChI=1S/C25H27F3N4O4/c1-5-14-8-6-7-9-17(14)31-24(33)16-13-29-32-21(25(26,27)28)12-18(30-23(16)32)15-10-19(34-2)22(36-4)20(11-15)35-3/h6-11,13,18,21,30H,5,12H2,1-4H3,(H,31,33)/t18-,21+/m1/s1. The van der Waals surface area contributed by atoms with Gasteiger partial charge in [-0.25, -0.2) is 4.68 Å². The van der Waals surface area contributed by atoms with Crippen LogP contribution in [0.3, 0.4) is 0 Å². The van der Waals surface area contributed by atoms with Gasteiger partial charge in [0, 0.05) is 12.1 Å². The Morgan fingerprint density at radius 1 is 1.14 bits per heavy atom. The van der Waals surface area contributed by atoms with Crippen LogP contribution < -0.4 is 24.8 Å². The molecule has 0 spiro atoms. The van der Waals surface area contributed by atoms with Gasteiger partial charge in [-0.1, -0.05) is 25.1 Å². The predicted molar refractivity (Wildman–Crippen MR) is 128 cm³/mol. The number of methoxy groups -OCH3 is 3. The number of aromatic nitrogens is 2. The zero-order chi connectivity index (χ0) is 26.0. The Bertz CT molecular complexity index is 1230. The quantitative estimate of drug-likeness (QED) is 0.449. The summed E-state index contributed by atoms with van der Waals surface area (Å²) in [7, 11) is 4.30. The molecule has 0 unspecified atom stereocenters. The van der Waals surface area contributed by atoms with Crippen molar-refractivity contribution in [1.82, 2.24) is 9.78 Å². The van der Waals surface area contributed by atoms with E-state index >= 15 is 0 Å². The molecule has 1 amide bonds. The molecule has 0 fully saturated rings. The summed E-state index contributed by atoms with van der Waals surface area (Å²) in [6.07, 6.45) is -3.11. The van der Waals surface area contributed by atoms with E-state index in [4.69, 9.17) is 14.2 Å². The molecule has 1 aromatic heterocycles. The molecule has 1 aliphatic heterocycles. The van der Waals surface area contributed by atoms with Crippen molar-refractivity contribution in [2.24, 2.45) is 0 Å². The van der Waals surface area contributed by atoms with E-state index in [0.29, 0.717) is 34.9 Å². The number of fused-ring (bicyclic) bond motifs is 1. The largest absolute Gasteiger partial charge is 0.493 e. The molecule has 2 aromatic carbocycles. The molecular formula is C25H27F3N4O4. The SMILES string of the molecule is CCc1ccccc1NC(=O)c1cnn2c1N[C@@H](c1cc(OC)c(OC)c(OC)c1)C[C@H]2C(F)(F)F. The van der Waals surface area contributed by atoms with Crippen LogP contribution in [0.15, 0.2) is 42.6 Å². The van der Waals surface area contributed by atoms with E-state index in [1.165, 1.54) is 21.3 Å². The van der Waals surface area contributed by atoms with Crippen molar-refractivity contribution in [2.45, 2.75) is 38.0 Å². The number of benzene rings is 2. The minimum atomic E-state index is -4.59. The average Bonchev–Trinajstić information content (AvgIpc) is 3.31. The molecule has 0 saturated heterocycles. The van der Waals surface area contributed by atoms with Crippen LogP contribution in [0.4, 0.5) is 24.7 Å². The fourth-order valence-corrected chi connectivity index (χ4v) is 4.39. The smallest absolute Gasteiger partial charge is 0.410 e. The van der Waals surface area contributed by atoms with Gasteiger partial charge in [-0.15, -0.1) is 0 Å². The second-order valence-electron chi connectivity index (χ2n) is 8.26. The number of rotatable bonds is 7. The van der Waals surface area contributed by atoms with Gasteiger partial charge in [0.2, 0.25) is 5.75 Å². The Labute approximate surface area is 206 Å². The molecule has 2 heterocycles. The van der Waals surface area contributed by atoms with Gasteiger partial charge in [-0.2, -0.15) is 18.3 Å². The molecule has 0 radical (unpaired) electrons. The van der Waals surface area contributed by atoms with Crippen LogP contribution >= 0.6 is 0 Å². The molecule has 3 aromatic rings. The molecule has 1 aliphatic rings. The number of hydrogen-bond donors (Lipinski definition) is 2. The maximum absolute atomic E-state index is 14.1. The number of aryl methyl sites for hydroxylation is 1. The Balaban J connectivity index is 1.74. The van der Waals surface area contributed by atoms with Crippen molar-refractivity contribution in [2.75, 3.05) is 32.0 Å². The van der Waals surface area contributed by atoms with Gasteiger partial charge in [0.15, 0.2) is 17.5 Å². The first-order chi connectivity index (χ1) is 17.2. The van der Waals surface area contributed by atoms with Crippen LogP contribution in [-0.2, 0) is 6.42 Å². The van der Waals surface area contributed by atoms with Crippen LogP contribution in [0, 0.1) is 0 Å². The van der Waals surface area contributed by atoms with E-state index in [-0.39, 0.29) is 17.8 Å². The third kappa shape index (κ3) is 4.65. The van der Waals surface area contributed by atoms with Crippen LogP contribution in [0.25, 0.3) is 0 Å². The Hall–Kier alpha value is -3.89. The molecule has 192 valence electrons. The minimum Gasteiger partial charge on any atom is -0.493 e. The highest BCUT2D eigenvalue weighted by Crippen LogP contribution is 2.47. The van der Waals surface area contributed by atoms with E-state index in [1.807, 2.05) is 19.1 Å². The van der Waals surface area contributed by atoms with Gasteiger partial charge in [-0.05, 0) is 35.7 Å². The van der Waals surface area contributed by atoms with Gasteiger partial charge in [0.25, 0.3) is 5.91 Å². The summed E-state index contributed by atoms with van der Waals surface area (Å²) in [5, 5.41) is 9.83. The number of alkyl halides is 3. The van der Waals surface area contributed by atoms with Crippen molar-refractivity contribution < 1.29 is 32.2 Å². The van der Waals surface area contributed by atoms with Crippen molar-refractivity contribution in [3.8, 4) is 17.2 Å². The first-order valence-corrected chi connectivity index (χ1v) is 11.3. The summed E-state index contributed by atoms with van der Waals surface area (Å²) < 4.78 is 59.2. The second-order valence-corrected chi connectivity index (χ2v) is 8.26. The topological polar surface area (TPSA) is 86.6 Å². The third-order valence-corrected chi connectivity index (χ3v) is 6.22. The van der Waals surface area contributed by atoms with E-state index in [1.54, 1.807) is 24.3 Å². The lowest BCUT2D eigenvalue weighted by atomic mass is 9.95. The first-order valence-electron chi connectivity index (χ1n) is 11.3. The second kappa shape index (κ2) is 10.00. The normalized spacial score (nSPS) is 17.1. The highest BCUT2D eigenvalue weighted by molar-refractivity contribution is 6.07. The molecule has 0 bridgehead atoms. The number of hydrogen-bond acceptors (Lipinski definition) is 6. The highest BCUT2D eigenvalue weighted by Gasteiger charge is 2.47. The molecule has 4 rings (SSSR count). The number of anilines is 2. The number of para-hydroxylation sites is 1. The van der Waals surface area contributed by atoms with Crippen molar-refractivity contribution in [3.63, 3.8) is 0 Å². The van der Waals surface area contributed by atoms with Gasteiger partial charge < -0.3 is 24.8 Å². The molecule has 0 saturated carbocycles. The summed E-state index contributed by atoms with van der Waals surface area (Å²) in [4.78, 5) is 13.2. The highest BCUT2D eigenvalue weighted by atomic mass is 19.4. The Morgan fingerprint density at radius 3 is 2.39 bits per heavy atom. The van der Waals surface area contributed by atoms with Crippen LogP contribution in [0.2, 0.25) is 0 Å². The summed E-state index contributed by atoms with van der Waals surface area (Å²) >= 11 is 0. The number of carbonyl (C=O) groups excluding carboxylic acids is 1. The van der Waals surface area contributed by atoms with Gasteiger partial charge in [0.1, 0.15) is 11.4 Å². The molecule has 8 nitrogen and oxygen atoms in total. The zero-order valence-corrected chi connectivity index (χ0v) is 20.3. The Morgan fingerprint density at radius 2 is 1.81 bits per heavy atom. The predicted octanol–water partition coefficient (Wildman–Crippen LogP) is 5.38. The van der Waals surface area contributed by atoms with E-state index in [9.17, 15) is 18.0 Å². The van der Waals surface area contributed by atoms with E-state index in [0.717, 1.165) is 16.4 Å². The maximum Gasteiger partial charge on any atom is 0.410 e. The van der Waals surface area contributed by atoms with E-state index < -0.39 is 24.2 Å². The first kappa shape index (κ1) is 25.2. The number of carbonyl (C=O) groups is 1. The number of nitrogens with one attached hydrogen (secondary N) is 2. The van der Waals surface area contributed by atoms with Crippen LogP contribution in [-0.4, -0.2) is 43.2 Å². The molecule has 0 aliphatic carbocycles. The zero-order valence-electron chi connectivity index (χ0n) is 20.3. The number of halogens is 3. The number of amides is 1. The van der Waals surface area contributed by atoms with E-state index in [2.05, 4.69) is 15.7 Å². The maximum atomic E-state index is 14.1. The van der Waals surface area contributed by atoms with Crippen molar-refractivity contribution in [1.29, 1.82) is 0 Å². The van der Waals surface area contributed by atoms with Gasteiger partial charge in [-0.3, -0.25) is 4.79 Å². The monoisotopic (exact) mass is 504 g/mol. The lowest BCUT2D eigenvalue weighted by molar-refractivity contribution is -0.173. The summed E-state index contributed by atoms with van der Waals surface area (Å²) in [5.74, 6) is 0.368. The number of nitrogens with zero attached hydrogens (tertiary/aromatic N) is 2. The van der Waals surface area contributed by atoms with Crippen LogP contribution in [0.5, 0.6) is 17.2 Å². The molecular weight excluding hydrogens is 477 g/mol. The van der Waals surface area contributed by atoms with Gasteiger partial charge >= 0.3 is 6.18 Å². The fourth-order valence-electron chi connectivity index (χ4n) is 4.39. The summed E-state index contributed by atoms with van der Waals surface area (Å²) in [6.45, 7) is 1.95. The lowest BCUT2D eigenvalue weighted by Gasteiger charge is -2.34. The molecule has 2 atom stereocenters. The molecule has 2 N–H and O–H groups in total. The van der Waals surface area contributed by atoms with Gasteiger partial charge in [0.05, 0.1) is 33.6 Å². The van der Waals surface area contributed by atoms with Crippen molar-refractivity contribution in [3.05, 3.63) is 59.3 Å². The average molecular weight is 505 g/mol. The fraction of sp³-hybridized carbons (Fsp3) is 0.360.